The van der Waals surface area contributed by atoms with Crippen LogP contribution in [0.15, 0.2) is 24.3 Å². The SMILES string of the molecule is CCCCC(CN)Cc1ccc(OC)cc1. The fourth-order valence-corrected chi connectivity index (χ4v) is 1.89. The van der Waals surface area contributed by atoms with Crippen molar-refractivity contribution in [2.45, 2.75) is 32.6 Å². The van der Waals surface area contributed by atoms with E-state index in [1.807, 2.05) is 12.1 Å². The third-order valence-electron chi connectivity index (χ3n) is 2.98. The predicted octanol–water partition coefficient (Wildman–Crippen LogP) is 3.00. The minimum absolute atomic E-state index is 0.619. The lowest BCUT2D eigenvalue weighted by Crippen LogP contribution is -2.16. The molecule has 2 N–H and O–H groups in total. The van der Waals surface area contributed by atoms with Crippen LogP contribution < -0.4 is 10.5 Å². The van der Waals surface area contributed by atoms with E-state index in [0.29, 0.717) is 5.92 Å². The molecule has 0 heterocycles. The molecule has 2 nitrogen and oxygen atoms in total. The molecule has 0 bridgehead atoms. The lowest BCUT2D eigenvalue weighted by Gasteiger charge is -2.14. The highest BCUT2D eigenvalue weighted by Crippen LogP contribution is 2.17. The van der Waals surface area contributed by atoms with E-state index in [9.17, 15) is 0 Å². The van der Waals surface area contributed by atoms with Gasteiger partial charge in [0.1, 0.15) is 5.75 Å². The average Bonchev–Trinajstić information content (AvgIpc) is 2.35. The number of nitrogens with two attached hydrogens (primary N) is 1. The standard InChI is InChI=1S/C14H23NO/c1-3-4-5-13(11-15)10-12-6-8-14(16-2)9-7-12/h6-9,13H,3-5,10-11,15H2,1-2H3. The largest absolute Gasteiger partial charge is 0.497 e. The molecule has 1 atom stereocenters. The zero-order valence-electron chi connectivity index (χ0n) is 10.4. The second kappa shape index (κ2) is 7.29. The fraction of sp³-hybridized carbons (Fsp3) is 0.571. The first-order valence-electron chi connectivity index (χ1n) is 6.13. The first-order chi connectivity index (χ1) is 7.80. The number of unbranched alkanes of at least 4 members (excludes halogenated alkanes) is 1. The number of benzene rings is 1. The first kappa shape index (κ1) is 13.0. The van der Waals surface area contributed by atoms with Crippen LogP contribution in [0.25, 0.3) is 0 Å². The molecule has 0 aliphatic rings. The quantitative estimate of drug-likeness (QED) is 0.768. The maximum absolute atomic E-state index is 5.79. The molecular weight excluding hydrogens is 198 g/mol. The molecule has 0 aromatic heterocycles. The molecule has 90 valence electrons. The van der Waals surface area contributed by atoms with Gasteiger partial charge < -0.3 is 10.5 Å². The minimum Gasteiger partial charge on any atom is -0.497 e. The molecule has 1 unspecified atom stereocenters. The molecule has 1 aromatic rings. The summed E-state index contributed by atoms with van der Waals surface area (Å²) in [6, 6.07) is 8.30. The first-order valence-corrected chi connectivity index (χ1v) is 6.13. The second-order valence-corrected chi connectivity index (χ2v) is 4.30. The molecule has 2 heteroatoms. The van der Waals surface area contributed by atoms with Crippen molar-refractivity contribution in [3.05, 3.63) is 29.8 Å². The molecule has 0 aliphatic heterocycles. The summed E-state index contributed by atoms with van der Waals surface area (Å²) >= 11 is 0. The van der Waals surface area contributed by atoms with Crippen molar-refractivity contribution in [1.82, 2.24) is 0 Å². The van der Waals surface area contributed by atoms with Gasteiger partial charge in [0.05, 0.1) is 7.11 Å². The molecule has 1 aromatic carbocycles. The molecule has 0 aliphatic carbocycles. The summed E-state index contributed by atoms with van der Waals surface area (Å²) in [6.45, 7) is 3.01. The summed E-state index contributed by atoms with van der Waals surface area (Å²) in [5, 5.41) is 0. The monoisotopic (exact) mass is 221 g/mol. The van der Waals surface area contributed by atoms with Gasteiger partial charge in [-0.2, -0.15) is 0 Å². The topological polar surface area (TPSA) is 35.2 Å². The van der Waals surface area contributed by atoms with Gasteiger partial charge in [-0.15, -0.1) is 0 Å². The smallest absolute Gasteiger partial charge is 0.118 e. The van der Waals surface area contributed by atoms with Gasteiger partial charge in [0.25, 0.3) is 0 Å². The third kappa shape index (κ3) is 4.23. The Morgan fingerprint density at radius 1 is 1.25 bits per heavy atom. The van der Waals surface area contributed by atoms with Gasteiger partial charge in [-0.1, -0.05) is 31.9 Å². The van der Waals surface area contributed by atoms with Crippen molar-refractivity contribution in [2.75, 3.05) is 13.7 Å². The van der Waals surface area contributed by atoms with Crippen LogP contribution in [0.1, 0.15) is 31.7 Å². The number of hydrogen-bond acceptors (Lipinski definition) is 2. The Labute approximate surface area is 98.8 Å². The molecule has 1 rings (SSSR count). The van der Waals surface area contributed by atoms with Crippen molar-refractivity contribution >= 4 is 0 Å². The van der Waals surface area contributed by atoms with Crippen LogP contribution in [0.3, 0.4) is 0 Å². The highest BCUT2D eigenvalue weighted by Gasteiger charge is 2.07. The lowest BCUT2D eigenvalue weighted by atomic mass is 9.94. The molecular formula is C14H23NO. The summed E-state index contributed by atoms with van der Waals surface area (Å²) in [5.74, 6) is 1.54. The molecule has 0 radical (unpaired) electrons. The molecule has 0 saturated heterocycles. The van der Waals surface area contributed by atoms with Crippen LogP contribution in [-0.2, 0) is 6.42 Å². The van der Waals surface area contributed by atoms with Crippen molar-refractivity contribution in [3.8, 4) is 5.75 Å². The van der Waals surface area contributed by atoms with Crippen molar-refractivity contribution in [1.29, 1.82) is 0 Å². The van der Waals surface area contributed by atoms with Crippen molar-refractivity contribution in [2.24, 2.45) is 11.7 Å². The second-order valence-electron chi connectivity index (χ2n) is 4.30. The van der Waals surface area contributed by atoms with E-state index in [-0.39, 0.29) is 0 Å². The molecule has 0 saturated carbocycles. The van der Waals surface area contributed by atoms with Crippen LogP contribution in [0.4, 0.5) is 0 Å². The van der Waals surface area contributed by atoms with E-state index >= 15 is 0 Å². The van der Waals surface area contributed by atoms with Gasteiger partial charge in [-0.25, -0.2) is 0 Å². The summed E-state index contributed by atoms with van der Waals surface area (Å²) in [6.07, 6.45) is 4.84. The van der Waals surface area contributed by atoms with E-state index in [2.05, 4.69) is 19.1 Å². The molecule has 0 fully saturated rings. The fourth-order valence-electron chi connectivity index (χ4n) is 1.89. The Balaban J connectivity index is 2.49. The number of rotatable bonds is 7. The summed E-state index contributed by atoms with van der Waals surface area (Å²) in [5.41, 5.74) is 7.15. The van der Waals surface area contributed by atoms with Crippen LogP contribution in [-0.4, -0.2) is 13.7 Å². The maximum Gasteiger partial charge on any atom is 0.118 e. The highest BCUT2D eigenvalue weighted by atomic mass is 16.5. The van der Waals surface area contributed by atoms with E-state index in [4.69, 9.17) is 10.5 Å². The van der Waals surface area contributed by atoms with Crippen LogP contribution >= 0.6 is 0 Å². The van der Waals surface area contributed by atoms with E-state index in [0.717, 1.165) is 18.7 Å². The lowest BCUT2D eigenvalue weighted by molar-refractivity contribution is 0.414. The van der Waals surface area contributed by atoms with Gasteiger partial charge in [0.15, 0.2) is 0 Å². The Bertz CT molecular complexity index is 281. The van der Waals surface area contributed by atoms with Crippen molar-refractivity contribution in [3.63, 3.8) is 0 Å². The molecule has 16 heavy (non-hydrogen) atoms. The Kier molecular flexibility index (Phi) is 5.94. The van der Waals surface area contributed by atoms with Gasteiger partial charge in [-0.05, 0) is 43.0 Å². The Morgan fingerprint density at radius 2 is 1.94 bits per heavy atom. The summed E-state index contributed by atoms with van der Waals surface area (Å²) in [7, 11) is 1.69. The van der Waals surface area contributed by atoms with Crippen molar-refractivity contribution < 1.29 is 4.74 Å². The number of hydrogen-bond donors (Lipinski definition) is 1. The number of ether oxygens (including phenoxy) is 1. The van der Waals surface area contributed by atoms with E-state index in [1.165, 1.54) is 24.8 Å². The zero-order valence-corrected chi connectivity index (χ0v) is 10.4. The molecule has 0 spiro atoms. The van der Waals surface area contributed by atoms with Gasteiger partial charge in [0.2, 0.25) is 0 Å². The van der Waals surface area contributed by atoms with Gasteiger partial charge >= 0.3 is 0 Å². The van der Waals surface area contributed by atoms with E-state index < -0.39 is 0 Å². The average molecular weight is 221 g/mol. The Morgan fingerprint density at radius 3 is 2.44 bits per heavy atom. The Hall–Kier alpha value is -1.02. The van der Waals surface area contributed by atoms with Crippen LogP contribution in [0, 0.1) is 5.92 Å². The summed E-state index contributed by atoms with van der Waals surface area (Å²) < 4.78 is 5.14. The summed E-state index contributed by atoms with van der Waals surface area (Å²) in [4.78, 5) is 0. The third-order valence-corrected chi connectivity index (χ3v) is 2.98. The van der Waals surface area contributed by atoms with Gasteiger partial charge in [-0.3, -0.25) is 0 Å². The van der Waals surface area contributed by atoms with Crippen LogP contribution in [0.2, 0.25) is 0 Å². The van der Waals surface area contributed by atoms with E-state index in [1.54, 1.807) is 7.11 Å². The van der Waals surface area contributed by atoms with Crippen LogP contribution in [0.5, 0.6) is 5.75 Å². The van der Waals surface area contributed by atoms with Gasteiger partial charge in [0, 0.05) is 0 Å². The maximum atomic E-state index is 5.79. The number of methoxy groups -OCH3 is 1. The normalized spacial score (nSPS) is 12.4. The molecule has 0 amide bonds. The predicted molar refractivity (Wildman–Crippen MR) is 68.8 cm³/mol. The zero-order chi connectivity index (χ0) is 11.8. The minimum atomic E-state index is 0.619. The highest BCUT2D eigenvalue weighted by molar-refractivity contribution is 5.27.